The van der Waals surface area contributed by atoms with Gasteiger partial charge in [-0.3, -0.25) is 14.4 Å². The number of Topliss-reactive ketones (excluding diaryl/α,β-unsaturated/α-hetero) is 2. The summed E-state index contributed by atoms with van der Waals surface area (Å²) in [6.45, 7) is 5.12. The van der Waals surface area contributed by atoms with Gasteiger partial charge in [-0.25, -0.2) is 19.3 Å². The molecule has 2 aromatic heterocycles. The second-order valence-electron chi connectivity index (χ2n) is 9.67. The predicted molar refractivity (Wildman–Crippen MR) is 148 cm³/mol. The van der Waals surface area contributed by atoms with Gasteiger partial charge in [-0.15, -0.1) is 0 Å². The number of carbonyl (C=O) groups is 3. The van der Waals surface area contributed by atoms with Crippen molar-refractivity contribution in [1.29, 1.82) is 0 Å². The van der Waals surface area contributed by atoms with Crippen molar-refractivity contribution in [3.8, 4) is 11.1 Å². The van der Waals surface area contributed by atoms with Crippen LogP contribution in [0, 0.1) is 12.8 Å². The van der Waals surface area contributed by atoms with Gasteiger partial charge in [0.05, 0.1) is 5.92 Å². The van der Waals surface area contributed by atoms with E-state index in [0.29, 0.717) is 23.4 Å². The van der Waals surface area contributed by atoms with Crippen LogP contribution in [0.2, 0.25) is 0 Å². The maximum Gasteiger partial charge on any atom is 0.232 e. The van der Waals surface area contributed by atoms with Crippen LogP contribution in [0.5, 0.6) is 0 Å². The van der Waals surface area contributed by atoms with Crippen molar-refractivity contribution in [2.24, 2.45) is 5.92 Å². The van der Waals surface area contributed by atoms with Crippen LogP contribution in [0.3, 0.4) is 0 Å². The number of pyridine rings is 1. The molecule has 1 unspecified atom stereocenters. The molecule has 1 aliphatic carbocycles. The molecule has 1 N–H and O–H groups in total. The third-order valence-corrected chi connectivity index (χ3v) is 6.77. The Morgan fingerprint density at radius 3 is 2.56 bits per heavy atom. The zero-order chi connectivity index (χ0) is 27.9. The number of amides is 1. The van der Waals surface area contributed by atoms with Crippen molar-refractivity contribution in [3.63, 3.8) is 0 Å². The van der Waals surface area contributed by atoms with E-state index in [4.69, 9.17) is 0 Å². The number of halogens is 1. The molecule has 0 bridgehead atoms. The van der Waals surface area contributed by atoms with Crippen LogP contribution in [0.4, 0.5) is 10.2 Å². The first-order valence-corrected chi connectivity index (χ1v) is 12.9. The molecule has 2 atom stereocenters. The Hall–Kier alpha value is -4.33. The van der Waals surface area contributed by atoms with Gasteiger partial charge >= 0.3 is 0 Å². The number of hydrogen-bond acceptors (Lipinski definition) is 6. The highest BCUT2D eigenvalue weighted by Crippen LogP contribution is 2.31. The predicted octanol–water partition coefficient (Wildman–Crippen LogP) is 5.65. The number of benzene rings is 1. The van der Waals surface area contributed by atoms with E-state index in [1.807, 2.05) is 31.2 Å². The van der Waals surface area contributed by atoms with E-state index >= 15 is 0 Å². The Bertz CT molecular complexity index is 1450. The minimum absolute atomic E-state index is 0.0152. The van der Waals surface area contributed by atoms with Crippen LogP contribution >= 0.6 is 0 Å². The van der Waals surface area contributed by atoms with Gasteiger partial charge in [0.2, 0.25) is 5.91 Å². The van der Waals surface area contributed by atoms with Crippen molar-refractivity contribution in [2.45, 2.75) is 52.6 Å². The zero-order valence-electron chi connectivity index (χ0n) is 22.3. The molecule has 1 amide bonds. The summed E-state index contributed by atoms with van der Waals surface area (Å²) in [5.41, 5.74) is 4.87. The number of carbonyl (C=O) groups excluding carboxylic acids is 3. The number of hydrogen-bond donors (Lipinski definition) is 1. The Balaban J connectivity index is 1.52. The number of anilines is 1. The van der Waals surface area contributed by atoms with E-state index in [1.165, 1.54) is 13.3 Å². The molecular weight excluding hydrogens is 495 g/mol. The molecule has 2 heterocycles. The SMILES string of the molecule is C/C=C(/C(C)=O)c1cc(-c2cncnc2)ccc1CCC(=O)C1=C[C@H](C(=O)Nc2cccc(C)n2)CC(F)C1. The molecular formula is C31H31FN4O3. The molecule has 3 aromatic rings. The summed E-state index contributed by atoms with van der Waals surface area (Å²) in [6, 6.07) is 11.0. The van der Waals surface area contributed by atoms with Crippen LogP contribution in [0.15, 0.2) is 72.8 Å². The molecule has 4 rings (SSSR count). The fourth-order valence-corrected chi connectivity index (χ4v) is 4.83. The first-order valence-electron chi connectivity index (χ1n) is 12.9. The minimum atomic E-state index is -1.29. The molecule has 39 heavy (non-hydrogen) atoms. The van der Waals surface area contributed by atoms with Crippen LogP contribution in [-0.4, -0.2) is 38.6 Å². The number of nitrogens with one attached hydrogen (secondary N) is 1. The summed E-state index contributed by atoms with van der Waals surface area (Å²) in [7, 11) is 0. The summed E-state index contributed by atoms with van der Waals surface area (Å²) in [6.07, 6.45) is 7.41. The monoisotopic (exact) mass is 526 g/mol. The van der Waals surface area contributed by atoms with E-state index < -0.39 is 12.1 Å². The number of aromatic nitrogens is 3. The van der Waals surface area contributed by atoms with E-state index in [2.05, 4.69) is 20.3 Å². The van der Waals surface area contributed by atoms with Gasteiger partial charge in [-0.05, 0) is 74.1 Å². The molecule has 0 saturated carbocycles. The van der Waals surface area contributed by atoms with Gasteiger partial charge in [0.1, 0.15) is 18.3 Å². The lowest BCUT2D eigenvalue weighted by Gasteiger charge is -2.23. The summed E-state index contributed by atoms with van der Waals surface area (Å²) in [4.78, 5) is 50.8. The van der Waals surface area contributed by atoms with Crippen LogP contribution in [0.1, 0.15) is 49.9 Å². The highest BCUT2D eigenvalue weighted by atomic mass is 19.1. The second kappa shape index (κ2) is 12.5. The summed E-state index contributed by atoms with van der Waals surface area (Å²) in [5.74, 6) is -1.04. The Kier molecular flexibility index (Phi) is 8.86. The van der Waals surface area contributed by atoms with E-state index in [1.54, 1.807) is 43.6 Å². The molecule has 7 nitrogen and oxygen atoms in total. The number of rotatable bonds is 9. The minimum Gasteiger partial charge on any atom is -0.310 e. The largest absolute Gasteiger partial charge is 0.310 e. The van der Waals surface area contributed by atoms with Crippen molar-refractivity contribution >= 4 is 28.9 Å². The van der Waals surface area contributed by atoms with Gasteiger partial charge in [0, 0.05) is 42.1 Å². The molecule has 0 fully saturated rings. The highest BCUT2D eigenvalue weighted by molar-refractivity contribution is 6.20. The molecule has 0 saturated heterocycles. The van der Waals surface area contributed by atoms with Gasteiger partial charge < -0.3 is 5.32 Å². The third-order valence-electron chi connectivity index (χ3n) is 6.77. The maximum absolute atomic E-state index is 14.6. The van der Waals surface area contributed by atoms with Crippen molar-refractivity contribution in [2.75, 3.05) is 5.32 Å². The number of alkyl halides is 1. The van der Waals surface area contributed by atoms with Crippen molar-refractivity contribution < 1.29 is 18.8 Å². The number of nitrogens with zero attached hydrogens (tertiary/aromatic N) is 3. The van der Waals surface area contributed by atoms with Crippen molar-refractivity contribution in [3.05, 3.63) is 89.7 Å². The molecule has 0 aliphatic heterocycles. The normalized spacial score (nSPS) is 17.3. The fraction of sp³-hybridized carbons (Fsp3) is 0.290. The molecule has 0 radical (unpaired) electrons. The average Bonchev–Trinajstić information content (AvgIpc) is 2.92. The maximum atomic E-state index is 14.6. The third kappa shape index (κ3) is 6.96. The molecule has 200 valence electrons. The first-order chi connectivity index (χ1) is 18.7. The molecule has 0 spiro atoms. The lowest BCUT2D eigenvalue weighted by atomic mass is 9.85. The molecule has 8 heteroatoms. The Labute approximate surface area is 227 Å². The van der Waals surface area contributed by atoms with Crippen LogP contribution in [-0.2, 0) is 20.8 Å². The highest BCUT2D eigenvalue weighted by Gasteiger charge is 2.30. The second-order valence-corrected chi connectivity index (χ2v) is 9.67. The molecule has 1 aromatic carbocycles. The van der Waals surface area contributed by atoms with Gasteiger partial charge in [-0.2, -0.15) is 0 Å². The van der Waals surface area contributed by atoms with E-state index in [-0.39, 0.29) is 36.7 Å². The first kappa shape index (κ1) is 27.7. The molecule has 1 aliphatic rings. The van der Waals surface area contributed by atoms with E-state index in [9.17, 15) is 18.8 Å². The number of allylic oxidation sites excluding steroid dienone is 3. The number of aryl methyl sites for hydroxylation is 2. The van der Waals surface area contributed by atoms with Crippen LogP contribution < -0.4 is 5.32 Å². The summed E-state index contributed by atoms with van der Waals surface area (Å²) < 4.78 is 14.6. The average molecular weight is 527 g/mol. The summed E-state index contributed by atoms with van der Waals surface area (Å²) >= 11 is 0. The van der Waals surface area contributed by atoms with Gasteiger partial charge in [0.25, 0.3) is 0 Å². The fourth-order valence-electron chi connectivity index (χ4n) is 4.83. The lowest BCUT2D eigenvalue weighted by molar-refractivity contribution is -0.119. The smallest absolute Gasteiger partial charge is 0.232 e. The van der Waals surface area contributed by atoms with E-state index in [0.717, 1.165) is 27.9 Å². The number of ketones is 2. The topological polar surface area (TPSA) is 102 Å². The Morgan fingerprint density at radius 2 is 1.87 bits per heavy atom. The zero-order valence-corrected chi connectivity index (χ0v) is 22.3. The quantitative estimate of drug-likeness (QED) is 0.361. The standard InChI is InChI=1S/C31H31FN4O3/c1-4-27(20(3)37)28-15-22(25-16-33-18-34-17-25)9-8-21(28)10-11-29(38)23-12-24(14-26(32)13-23)31(39)36-30-7-5-6-19(2)35-30/h4-9,12,15-18,24,26H,10-11,13-14H2,1-3H3,(H,35,36,39)/b27-4-/t24-,26?/m0/s1. The van der Waals surface area contributed by atoms with Crippen molar-refractivity contribution in [1.82, 2.24) is 15.0 Å². The summed E-state index contributed by atoms with van der Waals surface area (Å²) in [5, 5.41) is 2.73. The van der Waals surface area contributed by atoms with Crippen LogP contribution in [0.25, 0.3) is 16.7 Å². The van der Waals surface area contributed by atoms with Gasteiger partial charge in [0.15, 0.2) is 11.6 Å². The Morgan fingerprint density at radius 1 is 1.10 bits per heavy atom. The van der Waals surface area contributed by atoms with Gasteiger partial charge in [-0.1, -0.05) is 30.4 Å². The lowest BCUT2D eigenvalue weighted by Crippen LogP contribution is -2.29.